The minimum absolute atomic E-state index is 0.420. The Kier molecular flexibility index (Phi) is 6.62. The lowest BCUT2D eigenvalue weighted by atomic mass is 10.1. The smallest absolute Gasteiger partial charge is 0.123 e. The van der Waals surface area contributed by atoms with E-state index in [0.717, 1.165) is 29.2 Å². The van der Waals surface area contributed by atoms with Crippen molar-refractivity contribution < 1.29 is 4.74 Å². The number of nitrogens with zero attached hydrogens (tertiary/aromatic N) is 1. The molecule has 0 aliphatic heterocycles. The van der Waals surface area contributed by atoms with Crippen LogP contribution in [0.2, 0.25) is 0 Å². The summed E-state index contributed by atoms with van der Waals surface area (Å²) in [6.07, 6.45) is 2.12. The summed E-state index contributed by atoms with van der Waals surface area (Å²) in [6, 6.07) is 6.35. The zero-order chi connectivity index (χ0) is 14.4. The van der Waals surface area contributed by atoms with Crippen molar-refractivity contribution in [2.24, 2.45) is 5.73 Å². The van der Waals surface area contributed by atoms with E-state index in [0.29, 0.717) is 11.0 Å². The Morgan fingerprint density at radius 2 is 2.21 bits per heavy atom. The Bertz CT molecular complexity index is 437. The topological polar surface area (TPSA) is 38.5 Å². The molecule has 0 saturated heterocycles. The number of thiocarbonyl (C=S) groups is 1. The second-order valence-corrected chi connectivity index (χ2v) is 5.96. The molecule has 3 nitrogen and oxygen atoms in total. The molecule has 0 bridgehead atoms. The number of nitrogens with two attached hydrogens (primary N) is 1. The lowest BCUT2D eigenvalue weighted by molar-refractivity contribution is 0.265. The third-order valence-corrected chi connectivity index (χ3v) is 4.20. The maximum atomic E-state index is 5.69. The van der Waals surface area contributed by atoms with Gasteiger partial charge in [0.2, 0.25) is 0 Å². The number of rotatable bonds is 7. The minimum Gasteiger partial charge on any atom is -0.496 e. The van der Waals surface area contributed by atoms with Gasteiger partial charge in [-0.15, -0.1) is 0 Å². The van der Waals surface area contributed by atoms with Gasteiger partial charge in [-0.1, -0.05) is 12.2 Å². The summed E-state index contributed by atoms with van der Waals surface area (Å²) in [7, 11) is 3.80. The van der Waals surface area contributed by atoms with E-state index in [4.69, 9.17) is 22.7 Å². The van der Waals surface area contributed by atoms with E-state index in [-0.39, 0.29) is 0 Å². The lowest BCUT2D eigenvalue weighted by Crippen LogP contribution is -2.30. The molecule has 0 aromatic heterocycles. The highest BCUT2D eigenvalue weighted by Gasteiger charge is 2.13. The summed E-state index contributed by atoms with van der Waals surface area (Å²) in [6.45, 7) is 3.04. The second kappa shape index (κ2) is 7.72. The number of thioether (sulfide) groups is 1. The van der Waals surface area contributed by atoms with E-state index < -0.39 is 0 Å². The van der Waals surface area contributed by atoms with E-state index in [2.05, 4.69) is 25.1 Å². The van der Waals surface area contributed by atoms with Crippen molar-refractivity contribution in [2.75, 3.05) is 26.2 Å². The van der Waals surface area contributed by atoms with Gasteiger partial charge in [-0.25, -0.2) is 0 Å². The summed E-state index contributed by atoms with van der Waals surface area (Å²) < 4.78 is 5.40. The van der Waals surface area contributed by atoms with E-state index in [9.17, 15) is 0 Å². The zero-order valence-electron chi connectivity index (χ0n) is 12.0. The van der Waals surface area contributed by atoms with Crippen molar-refractivity contribution in [1.82, 2.24) is 4.90 Å². The summed E-state index contributed by atoms with van der Waals surface area (Å²) in [5, 5.41) is 0. The maximum absolute atomic E-state index is 5.69. The highest BCUT2D eigenvalue weighted by atomic mass is 32.2. The summed E-state index contributed by atoms with van der Waals surface area (Å²) >= 11 is 6.88. The molecule has 0 aliphatic rings. The molecular weight excluding hydrogens is 276 g/mol. The van der Waals surface area contributed by atoms with Crippen LogP contribution >= 0.6 is 24.0 Å². The molecule has 106 valence electrons. The molecule has 0 saturated carbocycles. The summed E-state index contributed by atoms with van der Waals surface area (Å²) in [4.78, 5) is 2.72. The van der Waals surface area contributed by atoms with Crippen LogP contribution in [0.15, 0.2) is 18.2 Å². The molecular formula is C14H22N2OS2. The van der Waals surface area contributed by atoms with Crippen LogP contribution in [-0.4, -0.2) is 42.1 Å². The highest BCUT2D eigenvalue weighted by molar-refractivity contribution is 7.98. The maximum Gasteiger partial charge on any atom is 0.123 e. The number of hydrogen-bond donors (Lipinski definition) is 1. The molecule has 1 unspecified atom stereocenters. The average molecular weight is 298 g/mol. The third kappa shape index (κ3) is 4.67. The number of hydrogen-bond acceptors (Lipinski definition) is 4. The van der Waals surface area contributed by atoms with E-state index in [1.165, 1.54) is 0 Å². The normalized spacial score (nSPS) is 12.5. The molecule has 19 heavy (non-hydrogen) atoms. The van der Waals surface area contributed by atoms with Crippen molar-refractivity contribution in [3.05, 3.63) is 29.3 Å². The van der Waals surface area contributed by atoms with Crippen molar-refractivity contribution >= 4 is 29.0 Å². The van der Waals surface area contributed by atoms with Crippen LogP contribution in [0.5, 0.6) is 5.75 Å². The molecule has 2 N–H and O–H groups in total. The second-order valence-electron chi connectivity index (χ2n) is 4.61. The Morgan fingerprint density at radius 1 is 1.53 bits per heavy atom. The number of benzene rings is 1. The third-order valence-electron chi connectivity index (χ3n) is 3.14. The van der Waals surface area contributed by atoms with E-state index >= 15 is 0 Å². The number of methoxy groups -OCH3 is 1. The van der Waals surface area contributed by atoms with Gasteiger partial charge in [0.15, 0.2) is 0 Å². The van der Waals surface area contributed by atoms with Crippen molar-refractivity contribution in [2.45, 2.75) is 19.5 Å². The fraction of sp³-hybridized carbons (Fsp3) is 0.500. The van der Waals surface area contributed by atoms with Crippen LogP contribution < -0.4 is 10.5 Å². The predicted octanol–water partition coefficient (Wildman–Crippen LogP) is 2.51. The highest BCUT2D eigenvalue weighted by Crippen LogP contribution is 2.22. The molecule has 0 radical (unpaired) electrons. The Balaban J connectivity index is 2.91. The van der Waals surface area contributed by atoms with Gasteiger partial charge in [-0.2, -0.15) is 11.8 Å². The minimum atomic E-state index is 0.420. The van der Waals surface area contributed by atoms with Gasteiger partial charge < -0.3 is 10.5 Å². The van der Waals surface area contributed by atoms with Crippen molar-refractivity contribution in [1.29, 1.82) is 0 Å². The van der Waals surface area contributed by atoms with Gasteiger partial charge in [-0.05, 0) is 38.4 Å². The van der Waals surface area contributed by atoms with Gasteiger partial charge in [0.25, 0.3) is 0 Å². The standard InChI is InChI=1S/C14H22N2OS2/c1-10(9-19-4)16(2)8-12-7-11(14(15)18)5-6-13(12)17-3/h5-7,10H,8-9H2,1-4H3,(H2,15,18). The van der Waals surface area contributed by atoms with Gasteiger partial charge in [-0.3, -0.25) is 4.90 Å². The molecule has 1 aromatic rings. The SMILES string of the molecule is COc1ccc(C(N)=S)cc1CN(C)C(C)CSC. The first-order valence-corrected chi connectivity index (χ1v) is 7.95. The molecule has 0 fully saturated rings. The molecule has 1 aromatic carbocycles. The average Bonchev–Trinajstić information content (AvgIpc) is 2.38. The summed E-state index contributed by atoms with van der Waals surface area (Å²) in [5.41, 5.74) is 7.69. The van der Waals surface area contributed by atoms with Crippen LogP contribution in [0.3, 0.4) is 0 Å². The van der Waals surface area contributed by atoms with Crippen LogP contribution in [-0.2, 0) is 6.54 Å². The Labute approximate surface area is 125 Å². The first-order chi connectivity index (χ1) is 8.99. The molecule has 5 heteroatoms. The Morgan fingerprint density at radius 3 is 2.74 bits per heavy atom. The van der Waals surface area contributed by atoms with Gasteiger partial charge in [0.05, 0.1) is 7.11 Å². The molecule has 0 heterocycles. The molecule has 0 amide bonds. The van der Waals surface area contributed by atoms with Gasteiger partial charge in [0.1, 0.15) is 10.7 Å². The molecule has 0 aliphatic carbocycles. The number of ether oxygens (including phenoxy) is 1. The van der Waals surface area contributed by atoms with Gasteiger partial charge >= 0.3 is 0 Å². The lowest BCUT2D eigenvalue weighted by Gasteiger charge is -2.25. The predicted molar refractivity (Wildman–Crippen MR) is 88.2 cm³/mol. The van der Waals surface area contributed by atoms with Gasteiger partial charge in [0, 0.05) is 29.5 Å². The fourth-order valence-corrected chi connectivity index (χ4v) is 2.71. The monoisotopic (exact) mass is 298 g/mol. The Hall–Kier alpha value is -0.780. The molecule has 0 spiro atoms. The van der Waals surface area contributed by atoms with Crippen LogP contribution in [0, 0.1) is 0 Å². The van der Waals surface area contributed by atoms with Crippen molar-refractivity contribution in [3.63, 3.8) is 0 Å². The quantitative estimate of drug-likeness (QED) is 0.783. The fourth-order valence-electron chi connectivity index (χ4n) is 1.85. The first kappa shape index (κ1) is 16.3. The molecule has 1 rings (SSSR count). The van der Waals surface area contributed by atoms with Crippen LogP contribution in [0.25, 0.3) is 0 Å². The largest absolute Gasteiger partial charge is 0.496 e. The van der Waals surface area contributed by atoms with Crippen LogP contribution in [0.1, 0.15) is 18.1 Å². The summed E-state index contributed by atoms with van der Waals surface area (Å²) in [5.74, 6) is 1.98. The van der Waals surface area contributed by atoms with Crippen LogP contribution in [0.4, 0.5) is 0 Å². The first-order valence-electron chi connectivity index (χ1n) is 6.15. The zero-order valence-corrected chi connectivity index (χ0v) is 13.6. The molecule has 1 atom stereocenters. The van der Waals surface area contributed by atoms with E-state index in [1.807, 2.05) is 30.0 Å². The van der Waals surface area contributed by atoms with Crippen molar-refractivity contribution in [3.8, 4) is 5.75 Å². The van der Waals surface area contributed by atoms with E-state index in [1.54, 1.807) is 7.11 Å².